The topological polar surface area (TPSA) is 35.2 Å². The van der Waals surface area contributed by atoms with Crippen LogP contribution in [0.2, 0.25) is 0 Å². The van der Waals surface area contributed by atoms with Crippen molar-refractivity contribution in [3.63, 3.8) is 0 Å². The highest BCUT2D eigenvalue weighted by Gasteiger charge is 2.10. The first-order valence-electron chi connectivity index (χ1n) is 7.03. The smallest absolute Gasteiger partial charge is 0.126 e. The molecule has 2 nitrogen and oxygen atoms in total. The molecule has 21 heavy (non-hydrogen) atoms. The largest absolute Gasteiger partial charge is 0.493 e. The van der Waals surface area contributed by atoms with Crippen LogP contribution in [0.25, 0.3) is 0 Å². The normalized spacial score (nSPS) is 12.1. The summed E-state index contributed by atoms with van der Waals surface area (Å²) in [5.74, 6) is 0.0657. The average Bonchev–Trinajstić information content (AvgIpc) is 2.47. The highest BCUT2D eigenvalue weighted by Crippen LogP contribution is 2.21. The summed E-state index contributed by atoms with van der Waals surface area (Å²) in [6.45, 7) is 0.943. The molecule has 0 bridgehead atoms. The van der Waals surface area contributed by atoms with Gasteiger partial charge in [0.25, 0.3) is 0 Å². The average molecular weight is 291 g/mol. The van der Waals surface area contributed by atoms with Gasteiger partial charge in [-0.15, -0.1) is 0 Å². The van der Waals surface area contributed by atoms with E-state index < -0.39 is 0 Å². The minimum atomic E-state index is -0.313. The second-order valence-electron chi connectivity index (χ2n) is 4.94. The Morgan fingerprint density at radius 2 is 1.71 bits per heavy atom. The molecule has 0 radical (unpaired) electrons. The second-order valence-corrected chi connectivity index (χ2v) is 4.94. The highest BCUT2D eigenvalue weighted by molar-refractivity contribution is 5.22. The fourth-order valence-corrected chi connectivity index (χ4v) is 2.26. The van der Waals surface area contributed by atoms with Crippen molar-refractivity contribution in [1.82, 2.24) is 0 Å². The molecule has 0 fully saturated rings. The van der Waals surface area contributed by atoms with Crippen LogP contribution in [-0.4, -0.2) is 13.2 Å². The molecule has 2 aromatic rings. The first-order valence-corrected chi connectivity index (χ1v) is 7.03. The molecule has 0 saturated heterocycles. The summed E-state index contributed by atoms with van der Waals surface area (Å²) in [7, 11) is 0. The quantitative estimate of drug-likeness (QED) is 0.786. The summed E-state index contributed by atoms with van der Waals surface area (Å²) < 4.78 is 31.7. The number of hydrogen-bond acceptors (Lipinski definition) is 2. The third-order valence-electron chi connectivity index (χ3n) is 3.37. The molecule has 2 aromatic carbocycles. The number of halogens is 2. The Hall–Kier alpha value is -1.94. The fraction of sp³-hybridized carbons (Fsp3) is 0.294. The molecule has 0 saturated carbocycles. The summed E-state index contributed by atoms with van der Waals surface area (Å²) in [5, 5.41) is 0. The van der Waals surface area contributed by atoms with Gasteiger partial charge in [0.05, 0.1) is 6.61 Å². The molecule has 112 valence electrons. The number of rotatable bonds is 7. The van der Waals surface area contributed by atoms with Crippen LogP contribution >= 0.6 is 0 Å². The number of benzene rings is 2. The minimum Gasteiger partial charge on any atom is -0.493 e. The Bertz CT molecular complexity index is 574. The van der Waals surface area contributed by atoms with Gasteiger partial charge in [0.2, 0.25) is 0 Å². The van der Waals surface area contributed by atoms with Gasteiger partial charge in [-0.2, -0.15) is 0 Å². The molecule has 1 unspecified atom stereocenters. The van der Waals surface area contributed by atoms with E-state index in [1.165, 1.54) is 24.3 Å². The van der Waals surface area contributed by atoms with Crippen molar-refractivity contribution >= 4 is 0 Å². The van der Waals surface area contributed by atoms with E-state index in [2.05, 4.69) is 0 Å². The monoisotopic (exact) mass is 291 g/mol. The molecule has 0 aliphatic carbocycles. The standard InChI is InChI=1S/C17H19F2NO/c18-15-6-1-4-13(10-15)14(12-20)5-3-9-21-17-8-2-7-16(19)11-17/h1-2,4,6-8,10-11,14H,3,5,9,12,20H2. The Labute approximate surface area is 123 Å². The zero-order valence-corrected chi connectivity index (χ0v) is 11.8. The molecule has 4 heteroatoms. The number of ether oxygens (including phenoxy) is 1. The van der Waals surface area contributed by atoms with Gasteiger partial charge in [-0.25, -0.2) is 8.78 Å². The van der Waals surface area contributed by atoms with E-state index >= 15 is 0 Å². The van der Waals surface area contributed by atoms with E-state index in [9.17, 15) is 8.78 Å². The lowest BCUT2D eigenvalue weighted by molar-refractivity contribution is 0.300. The lowest BCUT2D eigenvalue weighted by Gasteiger charge is -2.15. The van der Waals surface area contributed by atoms with E-state index in [-0.39, 0.29) is 17.6 Å². The van der Waals surface area contributed by atoms with Crippen LogP contribution in [0.3, 0.4) is 0 Å². The Kier molecular flexibility index (Phi) is 5.69. The summed E-state index contributed by atoms with van der Waals surface area (Å²) >= 11 is 0. The highest BCUT2D eigenvalue weighted by atomic mass is 19.1. The van der Waals surface area contributed by atoms with Gasteiger partial charge >= 0.3 is 0 Å². The van der Waals surface area contributed by atoms with Gasteiger partial charge in [-0.05, 0) is 55.1 Å². The van der Waals surface area contributed by atoms with Gasteiger partial charge in [-0.1, -0.05) is 18.2 Å². The summed E-state index contributed by atoms with van der Waals surface area (Å²) in [6.07, 6.45) is 1.57. The molecule has 0 aromatic heterocycles. The number of nitrogens with two attached hydrogens (primary N) is 1. The van der Waals surface area contributed by atoms with Crippen LogP contribution < -0.4 is 10.5 Å². The maximum absolute atomic E-state index is 13.2. The summed E-state index contributed by atoms with van der Waals surface area (Å²) in [4.78, 5) is 0. The van der Waals surface area contributed by atoms with E-state index in [1.807, 2.05) is 6.07 Å². The third-order valence-corrected chi connectivity index (χ3v) is 3.37. The summed E-state index contributed by atoms with van der Waals surface area (Å²) in [5.41, 5.74) is 6.66. The van der Waals surface area contributed by atoms with Crippen molar-refractivity contribution in [2.24, 2.45) is 5.73 Å². The Morgan fingerprint density at radius 1 is 1.00 bits per heavy atom. The van der Waals surface area contributed by atoms with Crippen LogP contribution in [0.15, 0.2) is 48.5 Å². The van der Waals surface area contributed by atoms with Crippen LogP contribution in [0, 0.1) is 11.6 Å². The first-order chi connectivity index (χ1) is 10.2. The van der Waals surface area contributed by atoms with Crippen LogP contribution in [0.5, 0.6) is 5.75 Å². The van der Waals surface area contributed by atoms with E-state index in [0.717, 1.165) is 18.4 Å². The van der Waals surface area contributed by atoms with E-state index in [0.29, 0.717) is 18.9 Å². The minimum absolute atomic E-state index is 0.108. The molecule has 0 spiro atoms. The third kappa shape index (κ3) is 4.83. The summed E-state index contributed by atoms with van der Waals surface area (Å²) in [6, 6.07) is 12.6. The first kappa shape index (κ1) is 15.4. The molecule has 1 atom stereocenters. The molecular weight excluding hydrogens is 272 g/mol. The van der Waals surface area contributed by atoms with Gasteiger partial charge in [0, 0.05) is 6.07 Å². The van der Waals surface area contributed by atoms with Gasteiger partial charge in [0.15, 0.2) is 0 Å². The molecule has 0 aliphatic rings. The van der Waals surface area contributed by atoms with Gasteiger partial charge in [-0.3, -0.25) is 0 Å². The predicted octanol–water partition coefficient (Wildman–Crippen LogP) is 3.87. The van der Waals surface area contributed by atoms with Crippen LogP contribution in [0.4, 0.5) is 8.78 Å². The van der Waals surface area contributed by atoms with Crippen molar-refractivity contribution in [1.29, 1.82) is 0 Å². The van der Waals surface area contributed by atoms with Gasteiger partial charge < -0.3 is 10.5 Å². The molecule has 2 N–H and O–H groups in total. The molecule has 0 aliphatic heterocycles. The Balaban J connectivity index is 1.81. The van der Waals surface area contributed by atoms with E-state index in [1.54, 1.807) is 18.2 Å². The van der Waals surface area contributed by atoms with Crippen LogP contribution in [0.1, 0.15) is 24.3 Å². The Morgan fingerprint density at radius 3 is 2.38 bits per heavy atom. The van der Waals surface area contributed by atoms with Crippen molar-refractivity contribution in [2.45, 2.75) is 18.8 Å². The SMILES string of the molecule is NCC(CCCOc1cccc(F)c1)c1cccc(F)c1. The maximum atomic E-state index is 13.2. The lowest BCUT2D eigenvalue weighted by Crippen LogP contribution is -2.14. The molecule has 0 heterocycles. The van der Waals surface area contributed by atoms with Gasteiger partial charge in [0.1, 0.15) is 17.4 Å². The second kappa shape index (κ2) is 7.74. The van der Waals surface area contributed by atoms with Crippen molar-refractivity contribution in [3.05, 3.63) is 65.7 Å². The van der Waals surface area contributed by atoms with Crippen molar-refractivity contribution in [2.75, 3.05) is 13.2 Å². The molecular formula is C17H19F2NO. The van der Waals surface area contributed by atoms with Crippen molar-refractivity contribution in [3.8, 4) is 5.75 Å². The molecule has 0 amide bonds. The fourth-order valence-electron chi connectivity index (χ4n) is 2.26. The zero-order chi connectivity index (χ0) is 15.1. The molecule has 2 rings (SSSR count). The number of hydrogen-bond donors (Lipinski definition) is 1. The van der Waals surface area contributed by atoms with Crippen molar-refractivity contribution < 1.29 is 13.5 Å². The lowest BCUT2D eigenvalue weighted by atomic mass is 9.94. The zero-order valence-electron chi connectivity index (χ0n) is 11.8. The van der Waals surface area contributed by atoms with E-state index in [4.69, 9.17) is 10.5 Å². The predicted molar refractivity (Wildman–Crippen MR) is 79.3 cm³/mol. The maximum Gasteiger partial charge on any atom is 0.126 e. The van der Waals surface area contributed by atoms with Crippen LogP contribution in [-0.2, 0) is 0 Å².